The zero-order chi connectivity index (χ0) is 18.3. The summed E-state index contributed by atoms with van der Waals surface area (Å²) in [5.74, 6) is 0.584. The van der Waals surface area contributed by atoms with E-state index in [1.54, 1.807) is 7.11 Å². The number of fused-ring (bicyclic) bond motifs is 2. The van der Waals surface area contributed by atoms with Gasteiger partial charge in [0.15, 0.2) is 0 Å². The van der Waals surface area contributed by atoms with Crippen LogP contribution < -0.4 is 10.1 Å². The number of carbonyl (C=O) groups excluding carboxylic acids is 1. The summed E-state index contributed by atoms with van der Waals surface area (Å²) in [4.78, 5) is 18.7. The van der Waals surface area contributed by atoms with Crippen molar-refractivity contribution in [2.45, 2.75) is 6.92 Å². The molecule has 1 N–H and O–H groups in total. The van der Waals surface area contributed by atoms with E-state index in [1.165, 1.54) is 11.3 Å². The minimum absolute atomic E-state index is 0.194. The number of pyridine rings is 1. The van der Waals surface area contributed by atoms with Crippen LogP contribution in [0.5, 0.6) is 5.75 Å². The smallest absolute Gasteiger partial charge is 0.265 e. The van der Waals surface area contributed by atoms with Crippen molar-refractivity contribution >= 4 is 55.7 Å². The van der Waals surface area contributed by atoms with Gasteiger partial charge in [-0.15, -0.1) is 11.3 Å². The third-order valence-electron chi connectivity index (χ3n) is 4.10. The maximum atomic E-state index is 12.6. The predicted molar refractivity (Wildman–Crippen MR) is 108 cm³/mol. The summed E-state index contributed by atoms with van der Waals surface area (Å²) in [5, 5.41) is 5.29. The largest absolute Gasteiger partial charge is 0.497 e. The molecule has 2 aromatic heterocycles. The van der Waals surface area contributed by atoms with Gasteiger partial charge < -0.3 is 10.1 Å². The van der Waals surface area contributed by atoms with Crippen LogP contribution in [0.15, 0.2) is 48.5 Å². The van der Waals surface area contributed by atoms with Crippen LogP contribution in [0.1, 0.15) is 15.2 Å². The molecule has 0 atom stereocenters. The van der Waals surface area contributed by atoms with Gasteiger partial charge in [0.1, 0.15) is 10.6 Å². The molecule has 0 spiro atoms. The van der Waals surface area contributed by atoms with Crippen LogP contribution in [0.2, 0.25) is 5.02 Å². The van der Waals surface area contributed by atoms with Gasteiger partial charge in [0.05, 0.1) is 28.2 Å². The van der Waals surface area contributed by atoms with Crippen molar-refractivity contribution in [3.8, 4) is 5.75 Å². The molecule has 26 heavy (non-hydrogen) atoms. The fraction of sp³-hybridized carbons (Fsp3) is 0.100. The number of carbonyl (C=O) groups is 1. The molecule has 4 aromatic rings. The van der Waals surface area contributed by atoms with Crippen LogP contribution >= 0.6 is 22.9 Å². The highest BCUT2D eigenvalue weighted by molar-refractivity contribution is 7.20. The topological polar surface area (TPSA) is 51.2 Å². The number of rotatable bonds is 3. The van der Waals surface area contributed by atoms with E-state index in [9.17, 15) is 4.79 Å². The molecule has 0 aliphatic carbocycles. The van der Waals surface area contributed by atoms with Crippen molar-refractivity contribution in [3.05, 3.63) is 64.0 Å². The van der Waals surface area contributed by atoms with Crippen LogP contribution in [-0.4, -0.2) is 18.0 Å². The highest BCUT2D eigenvalue weighted by Crippen LogP contribution is 2.30. The molecule has 2 heterocycles. The number of hydrogen-bond donors (Lipinski definition) is 1. The molecule has 4 rings (SSSR count). The Morgan fingerprint density at radius 1 is 1.12 bits per heavy atom. The number of amides is 1. The second kappa shape index (κ2) is 6.59. The number of nitrogens with zero attached hydrogens (tertiary/aromatic N) is 1. The first-order valence-electron chi connectivity index (χ1n) is 7.99. The second-order valence-corrected chi connectivity index (χ2v) is 7.43. The Balaban J connectivity index is 1.69. The summed E-state index contributed by atoms with van der Waals surface area (Å²) in [6.45, 7) is 1.95. The van der Waals surface area contributed by atoms with E-state index >= 15 is 0 Å². The number of aromatic nitrogens is 1. The Bertz CT molecular complexity index is 1150. The van der Waals surface area contributed by atoms with Crippen LogP contribution in [-0.2, 0) is 0 Å². The number of anilines is 1. The Morgan fingerprint density at radius 3 is 2.73 bits per heavy atom. The first-order chi connectivity index (χ1) is 12.5. The minimum Gasteiger partial charge on any atom is -0.497 e. The molecule has 0 unspecified atom stereocenters. The standard InChI is InChI=1S/C20H15ClN2O2S/c1-11-3-5-17(15(21)7-11)22-19(24)18-10-13-8-12-9-14(25-2)4-6-16(12)23-20(13)26-18/h3-10H,1-2H3,(H,22,24). The number of benzene rings is 2. The van der Waals surface area contributed by atoms with Crippen molar-refractivity contribution in [3.63, 3.8) is 0 Å². The van der Waals surface area contributed by atoms with Gasteiger partial charge in [-0.2, -0.15) is 0 Å². The summed E-state index contributed by atoms with van der Waals surface area (Å²) in [6.07, 6.45) is 0. The molecule has 0 fully saturated rings. The molecule has 0 saturated heterocycles. The number of nitrogens with one attached hydrogen (secondary N) is 1. The first kappa shape index (κ1) is 16.8. The van der Waals surface area contributed by atoms with Crippen LogP contribution in [0.3, 0.4) is 0 Å². The maximum absolute atomic E-state index is 12.6. The SMILES string of the molecule is COc1ccc2nc3sc(C(=O)Nc4ccc(C)cc4Cl)cc3cc2c1. The van der Waals surface area contributed by atoms with Gasteiger partial charge in [0, 0.05) is 10.8 Å². The summed E-state index contributed by atoms with van der Waals surface area (Å²) in [7, 11) is 1.64. The van der Waals surface area contributed by atoms with E-state index in [2.05, 4.69) is 10.3 Å². The molecular formula is C20H15ClN2O2S. The monoisotopic (exact) mass is 382 g/mol. The first-order valence-corrected chi connectivity index (χ1v) is 9.19. The van der Waals surface area contributed by atoms with E-state index in [0.29, 0.717) is 15.6 Å². The molecule has 4 nitrogen and oxygen atoms in total. The summed E-state index contributed by atoms with van der Waals surface area (Å²) >= 11 is 7.56. The average molecular weight is 383 g/mol. The second-order valence-electron chi connectivity index (χ2n) is 5.99. The van der Waals surface area contributed by atoms with Gasteiger partial charge in [0.2, 0.25) is 0 Å². The molecule has 2 aromatic carbocycles. The van der Waals surface area contributed by atoms with Gasteiger partial charge in [-0.25, -0.2) is 4.98 Å². The lowest BCUT2D eigenvalue weighted by molar-refractivity contribution is 0.103. The number of halogens is 1. The lowest BCUT2D eigenvalue weighted by Crippen LogP contribution is -2.10. The van der Waals surface area contributed by atoms with Crippen molar-refractivity contribution in [2.24, 2.45) is 0 Å². The van der Waals surface area contributed by atoms with E-state index in [4.69, 9.17) is 16.3 Å². The zero-order valence-electron chi connectivity index (χ0n) is 14.2. The van der Waals surface area contributed by atoms with Crippen molar-refractivity contribution < 1.29 is 9.53 Å². The summed E-state index contributed by atoms with van der Waals surface area (Å²) in [5.41, 5.74) is 2.51. The van der Waals surface area contributed by atoms with E-state index in [-0.39, 0.29) is 5.91 Å². The molecule has 1 amide bonds. The Labute approximate surface area is 159 Å². The average Bonchev–Trinajstić information content (AvgIpc) is 3.04. The fourth-order valence-electron chi connectivity index (χ4n) is 2.76. The number of thiophene rings is 1. The van der Waals surface area contributed by atoms with E-state index < -0.39 is 0 Å². The molecular weight excluding hydrogens is 368 g/mol. The zero-order valence-corrected chi connectivity index (χ0v) is 15.7. The van der Waals surface area contributed by atoms with Gasteiger partial charge >= 0.3 is 0 Å². The molecule has 0 bridgehead atoms. The van der Waals surface area contributed by atoms with Crippen LogP contribution in [0.4, 0.5) is 5.69 Å². The third kappa shape index (κ3) is 3.11. The van der Waals surface area contributed by atoms with Crippen LogP contribution in [0.25, 0.3) is 21.1 Å². The number of methoxy groups -OCH3 is 1. The van der Waals surface area contributed by atoms with Crippen molar-refractivity contribution in [1.82, 2.24) is 4.98 Å². The normalized spacial score (nSPS) is 11.0. The van der Waals surface area contributed by atoms with Crippen molar-refractivity contribution in [1.29, 1.82) is 0 Å². The van der Waals surface area contributed by atoms with Gasteiger partial charge in [-0.1, -0.05) is 17.7 Å². The molecule has 0 saturated carbocycles. The molecule has 130 valence electrons. The van der Waals surface area contributed by atoms with E-state index in [1.807, 2.05) is 55.5 Å². The van der Waals surface area contributed by atoms with Gasteiger partial charge in [-0.3, -0.25) is 4.79 Å². The lowest BCUT2D eigenvalue weighted by atomic mass is 10.2. The van der Waals surface area contributed by atoms with Crippen LogP contribution in [0, 0.1) is 6.92 Å². The number of ether oxygens (including phenoxy) is 1. The Hall–Kier alpha value is -2.63. The minimum atomic E-state index is -0.194. The number of hydrogen-bond acceptors (Lipinski definition) is 4. The predicted octanol–water partition coefficient (Wildman–Crippen LogP) is 5.67. The molecule has 0 radical (unpaired) electrons. The quantitative estimate of drug-likeness (QED) is 0.496. The maximum Gasteiger partial charge on any atom is 0.265 e. The highest BCUT2D eigenvalue weighted by atomic mass is 35.5. The highest BCUT2D eigenvalue weighted by Gasteiger charge is 2.14. The summed E-state index contributed by atoms with van der Waals surface area (Å²) in [6, 6.07) is 15.1. The Morgan fingerprint density at radius 2 is 1.96 bits per heavy atom. The molecule has 0 aliphatic rings. The summed E-state index contributed by atoms with van der Waals surface area (Å²) < 4.78 is 5.26. The Kier molecular flexibility index (Phi) is 4.26. The molecule has 0 aliphatic heterocycles. The third-order valence-corrected chi connectivity index (χ3v) is 5.46. The van der Waals surface area contributed by atoms with Gasteiger partial charge in [-0.05, 0) is 55.0 Å². The lowest BCUT2D eigenvalue weighted by Gasteiger charge is -2.06. The fourth-order valence-corrected chi connectivity index (χ4v) is 3.96. The molecule has 6 heteroatoms. The van der Waals surface area contributed by atoms with Gasteiger partial charge in [0.25, 0.3) is 5.91 Å². The van der Waals surface area contributed by atoms with Crippen molar-refractivity contribution in [2.75, 3.05) is 12.4 Å². The number of aryl methyl sites for hydroxylation is 1. The van der Waals surface area contributed by atoms with E-state index in [0.717, 1.165) is 32.4 Å².